The Morgan fingerprint density at radius 3 is 1.15 bits per heavy atom. The highest BCUT2D eigenvalue weighted by Crippen LogP contribution is 2.23. The molecule has 0 amide bonds. The molecule has 10 heteroatoms. The number of azo groups is 2. The molecular weight excluding hydrogens is 508 g/mol. The average molecular weight is 537 g/mol. The van der Waals surface area contributed by atoms with Gasteiger partial charge in [0.05, 0.1) is 22.7 Å². The van der Waals surface area contributed by atoms with Gasteiger partial charge in [-0.2, -0.15) is 20.5 Å². The Hall–Kier alpha value is -5.12. The van der Waals surface area contributed by atoms with Gasteiger partial charge in [0.1, 0.15) is 11.5 Å². The van der Waals surface area contributed by atoms with E-state index < -0.39 is 0 Å². The fourth-order valence-electron chi connectivity index (χ4n) is 3.47. The summed E-state index contributed by atoms with van der Waals surface area (Å²) in [6.45, 7) is 0. The van der Waals surface area contributed by atoms with Crippen LogP contribution in [0.15, 0.2) is 118 Å². The van der Waals surface area contributed by atoms with Gasteiger partial charge in [-0.05, 0) is 85.6 Å². The summed E-state index contributed by atoms with van der Waals surface area (Å²) in [5.74, 6) is 0.324. The van der Waals surface area contributed by atoms with Crippen LogP contribution in [-0.2, 0) is 9.59 Å². The van der Waals surface area contributed by atoms with Crippen LogP contribution >= 0.6 is 0 Å². The molecule has 0 aliphatic rings. The third-order valence-electron chi connectivity index (χ3n) is 5.54. The van der Waals surface area contributed by atoms with Crippen molar-refractivity contribution in [3.63, 3.8) is 0 Å². The van der Waals surface area contributed by atoms with Gasteiger partial charge in [-0.15, -0.1) is 0 Å². The lowest BCUT2D eigenvalue weighted by atomic mass is 10.1. The Bertz CT molecular complexity index is 1300. The first kappa shape index (κ1) is 27.9. The van der Waals surface area contributed by atoms with E-state index in [1.165, 1.54) is 0 Å². The van der Waals surface area contributed by atoms with Gasteiger partial charge in [-0.25, -0.2) is 0 Å². The first-order chi connectivity index (χ1) is 19.6. The van der Waals surface area contributed by atoms with E-state index >= 15 is 0 Å². The molecule has 0 bridgehead atoms. The number of hydrogen-bond acceptors (Lipinski definition) is 10. The summed E-state index contributed by atoms with van der Waals surface area (Å²) in [6, 6.07) is 20.7. The molecule has 0 aliphatic carbocycles. The molecule has 4 aromatic rings. The number of hydrogen-bond donors (Lipinski definition) is 0. The number of nitrogens with zero attached hydrogens (tertiary/aromatic N) is 6. The summed E-state index contributed by atoms with van der Waals surface area (Å²) in [5.41, 5.74) is 2.70. The molecule has 4 rings (SSSR count). The zero-order chi connectivity index (χ0) is 27.8. The molecule has 0 radical (unpaired) electrons. The third-order valence-corrected chi connectivity index (χ3v) is 5.54. The zero-order valence-electron chi connectivity index (χ0n) is 21.8. The minimum absolute atomic E-state index is 0.297. The second-order valence-electron chi connectivity index (χ2n) is 8.66. The second kappa shape index (κ2) is 15.3. The van der Waals surface area contributed by atoms with Crippen LogP contribution < -0.4 is 9.47 Å². The molecule has 2 aromatic heterocycles. The summed E-state index contributed by atoms with van der Waals surface area (Å²) in [6.07, 6.45) is 10.2. The maximum Gasteiger partial charge on any atom is 0.311 e. The highest BCUT2D eigenvalue weighted by molar-refractivity contribution is 5.73. The van der Waals surface area contributed by atoms with Crippen molar-refractivity contribution in [3.05, 3.63) is 97.6 Å². The van der Waals surface area contributed by atoms with E-state index in [-0.39, 0.29) is 11.9 Å². The van der Waals surface area contributed by atoms with Gasteiger partial charge in [-0.3, -0.25) is 19.6 Å². The first-order valence-corrected chi connectivity index (χ1v) is 12.9. The van der Waals surface area contributed by atoms with Crippen molar-refractivity contribution >= 4 is 34.7 Å². The molecule has 0 N–H and O–H groups in total. The van der Waals surface area contributed by atoms with Gasteiger partial charge in [0.2, 0.25) is 0 Å². The van der Waals surface area contributed by atoms with Crippen LogP contribution in [0.25, 0.3) is 0 Å². The molecule has 2 aromatic carbocycles. The number of aromatic nitrogens is 2. The SMILES string of the molecule is O=C(CCCCCCC(=O)Oc1ccc(N=Nc2ccncc2)cc1)Oc1ccc(N=Nc2ccncc2)cc1. The van der Waals surface area contributed by atoms with Gasteiger partial charge in [0.15, 0.2) is 0 Å². The molecule has 0 saturated carbocycles. The first-order valence-electron chi connectivity index (χ1n) is 12.9. The summed E-state index contributed by atoms with van der Waals surface area (Å²) in [5, 5.41) is 16.5. The van der Waals surface area contributed by atoms with Crippen LogP contribution in [0.3, 0.4) is 0 Å². The van der Waals surface area contributed by atoms with Crippen molar-refractivity contribution in [2.75, 3.05) is 0 Å². The van der Waals surface area contributed by atoms with Crippen LogP contribution in [0.1, 0.15) is 38.5 Å². The Kier molecular flexibility index (Phi) is 10.7. The predicted molar refractivity (Wildman–Crippen MR) is 149 cm³/mol. The standard InChI is InChI=1S/C30H28N6O4/c37-29(39-27-11-7-23(8-12-27)33-35-25-15-19-31-20-16-25)5-3-1-2-4-6-30(38)40-28-13-9-24(10-14-28)34-36-26-17-21-32-22-18-26/h7-22H,1-6H2. The number of rotatable bonds is 13. The van der Waals surface area contributed by atoms with Crippen molar-refractivity contribution in [1.82, 2.24) is 9.97 Å². The number of ether oxygens (including phenoxy) is 2. The topological polar surface area (TPSA) is 128 Å². The van der Waals surface area contributed by atoms with E-state index in [1.54, 1.807) is 97.6 Å². The molecule has 2 heterocycles. The molecule has 40 heavy (non-hydrogen) atoms. The number of carbonyl (C=O) groups is 2. The normalized spacial score (nSPS) is 11.1. The van der Waals surface area contributed by atoms with Crippen LogP contribution in [-0.4, -0.2) is 21.9 Å². The van der Waals surface area contributed by atoms with Gasteiger partial charge in [0, 0.05) is 37.6 Å². The molecule has 0 unspecified atom stereocenters. The zero-order valence-corrected chi connectivity index (χ0v) is 21.8. The Balaban J connectivity index is 1.07. The van der Waals surface area contributed by atoms with Gasteiger partial charge >= 0.3 is 11.9 Å². The van der Waals surface area contributed by atoms with Gasteiger partial charge in [0.25, 0.3) is 0 Å². The summed E-state index contributed by atoms with van der Waals surface area (Å²) in [7, 11) is 0. The summed E-state index contributed by atoms with van der Waals surface area (Å²) >= 11 is 0. The lowest BCUT2D eigenvalue weighted by Gasteiger charge is -2.06. The minimum Gasteiger partial charge on any atom is -0.427 e. The van der Waals surface area contributed by atoms with Crippen LogP contribution in [0.5, 0.6) is 11.5 Å². The molecule has 0 spiro atoms. The second-order valence-corrected chi connectivity index (χ2v) is 8.66. The molecule has 0 fully saturated rings. The minimum atomic E-state index is -0.297. The van der Waals surface area contributed by atoms with Crippen molar-refractivity contribution in [2.45, 2.75) is 38.5 Å². The van der Waals surface area contributed by atoms with Crippen LogP contribution in [0.2, 0.25) is 0 Å². The lowest BCUT2D eigenvalue weighted by Crippen LogP contribution is -2.08. The fourth-order valence-corrected chi connectivity index (χ4v) is 3.47. The number of unbranched alkanes of at least 4 members (excludes halogenated alkanes) is 3. The number of carbonyl (C=O) groups excluding carboxylic acids is 2. The van der Waals surface area contributed by atoms with E-state index in [1.807, 2.05) is 0 Å². The Morgan fingerprint density at radius 1 is 0.475 bits per heavy atom. The number of esters is 2. The molecule has 0 atom stereocenters. The average Bonchev–Trinajstić information content (AvgIpc) is 2.99. The molecular formula is C30H28N6O4. The Morgan fingerprint density at radius 2 is 0.800 bits per heavy atom. The third kappa shape index (κ3) is 9.97. The largest absolute Gasteiger partial charge is 0.427 e. The maximum absolute atomic E-state index is 12.1. The quantitative estimate of drug-likeness (QED) is 0.0734. The van der Waals surface area contributed by atoms with E-state index in [9.17, 15) is 9.59 Å². The highest BCUT2D eigenvalue weighted by atomic mass is 16.5. The van der Waals surface area contributed by atoms with E-state index in [4.69, 9.17) is 9.47 Å². The Labute approximate surface area is 231 Å². The summed E-state index contributed by atoms with van der Waals surface area (Å²) < 4.78 is 10.8. The van der Waals surface area contributed by atoms with Crippen LogP contribution in [0.4, 0.5) is 22.7 Å². The molecule has 0 saturated heterocycles. The molecule has 0 aliphatic heterocycles. The predicted octanol–water partition coefficient (Wildman–Crippen LogP) is 8.16. The van der Waals surface area contributed by atoms with Crippen LogP contribution in [0, 0.1) is 0 Å². The van der Waals surface area contributed by atoms with Crippen molar-refractivity contribution in [2.24, 2.45) is 20.5 Å². The van der Waals surface area contributed by atoms with Crippen molar-refractivity contribution in [3.8, 4) is 11.5 Å². The van der Waals surface area contributed by atoms with Crippen molar-refractivity contribution in [1.29, 1.82) is 0 Å². The summed E-state index contributed by atoms with van der Waals surface area (Å²) in [4.78, 5) is 32.1. The number of pyridine rings is 2. The monoisotopic (exact) mass is 536 g/mol. The van der Waals surface area contributed by atoms with E-state index in [0.29, 0.717) is 59.9 Å². The molecule has 202 valence electrons. The van der Waals surface area contributed by atoms with Gasteiger partial charge < -0.3 is 9.47 Å². The van der Waals surface area contributed by atoms with E-state index in [2.05, 4.69) is 30.4 Å². The van der Waals surface area contributed by atoms with Crippen molar-refractivity contribution < 1.29 is 19.1 Å². The van der Waals surface area contributed by atoms with Gasteiger partial charge in [-0.1, -0.05) is 12.8 Å². The smallest absolute Gasteiger partial charge is 0.311 e. The van der Waals surface area contributed by atoms with E-state index in [0.717, 1.165) is 12.8 Å². The highest BCUT2D eigenvalue weighted by Gasteiger charge is 2.07. The fraction of sp³-hybridized carbons (Fsp3) is 0.200. The lowest BCUT2D eigenvalue weighted by molar-refractivity contribution is -0.135. The molecule has 10 nitrogen and oxygen atoms in total. The number of benzene rings is 2. The maximum atomic E-state index is 12.1.